The average Bonchev–Trinajstić information content (AvgIpc) is 2.69. The van der Waals surface area contributed by atoms with E-state index in [9.17, 15) is 21.6 Å². The molecule has 31 heavy (non-hydrogen) atoms. The molecule has 0 radical (unpaired) electrons. The van der Waals surface area contributed by atoms with Crippen LogP contribution in [0.2, 0.25) is 0 Å². The zero-order valence-corrected chi connectivity index (χ0v) is 20.6. The third-order valence-corrected chi connectivity index (χ3v) is 7.91. The Morgan fingerprint density at radius 3 is 2.26 bits per heavy atom. The number of aliphatic imine (C=N–C) groups is 1. The maximum Gasteiger partial charge on any atom is 0.511 e. The van der Waals surface area contributed by atoms with Gasteiger partial charge in [-0.05, 0) is 37.2 Å². The molecule has 176 valence electrons. The van der Waals surface area contributed by atoms with E-state index in [0.717, 1.165) is 19.4 Å². The van der Waals surface area contributed by atoms with Gasteiger partial charge in [0.1, 0.15) is 0 Å². The van der Waals surface area contributed by atoms with Gasteiger partial charge in [0.2, 0.25) is 0 Å². The normalized spacial score (nSPS) is 20.5. The fraction of sp³-hybridized carbons (Fsp3) is 0.650. The first-order valence-corrected chi connectivity index (χ1v) is 11.7. The zero-order chi connectivity index (χ0) is 21.8. The van der Waals surface area contributed by atoms with E-state index in [-0.39, 0.29) is 48.4 Å². The zero-order valence-electron chi connectivity index (χ0n) is 17.5. The fourth-order valence-corrected chi connectivity index (χ4v) is 5.16. The van der Waals surface area contributed by atoms with Gasteiger partial charge in [0.25, 0.3) is 0 Å². The van der Waals surface area contributed by atoms with Crippen LogP contribution in [0, 0.1) is 5.92 Å². The minimum atomic E-state index is -5.24. The number of piperidine rings is 1. The van der Waals surface area contributed by atoms with Crippen LogP contribution in [0.4, 0.5) is 13.2 Å². The molecule has 1 aliphatic carbocycles. The third-order valence-electron chi connectivity index (χ3n) is 6.28. The van der Waals surface area contributed by atoms with Crippen molar-refractivity contribution in [3.05, 3.63) is 35.9 Å². The van der Waals surface area contributed by atoms with Crippen molar-refractivity contribution in [3.63, 3.8) is 0 Å². The number of alkyl halides is 3. The van der Waals surface area contributed by atoms with Crippen molar-refractivity contribution < 1.29 is 21.6 Å². The average molecular weight is 574 g/mol. The standard InChI is InChI=1S/C20H29F3N4O2S.HI/c1-24-18(26-15-19(10-5-11-19)17-6-3-2-4-7-17)25-14-16-8-12-27(13-9-16)30(28,29)20(21,22)23;/h2-4,6-7,16H,5,8-15H2,1H3,(H2,24,25,26);1H. The molecule has 1 saturated carbocycles. The topological polar surface area (TPSA) is 73.8 Å². The van der Waals surface area contributed by atoms with Crippen LogP contribution >= 0.6 is 24.0 Å². The summed E-state index contributed by atoms with van der Waals surface area (Å²) in [6.45, 7) is 1.07. The molecule has 0 unspecified atom stereocenters. The molecular formula is C20H30F3IN4O2S. The maximum absolute atomic E-state index is 12.7. The van der Waals surface area contributed by atoms with E-state index in [0.29, 0.717) is 29.7 Å². The van der Waals surface area contributed by atoms with E-state index in [2.05, 4.69) is 27.8 Å². The van der Waals surface area contributed by atoms with Crippen LogP contribution in [0.3, 0.4) is 0 Å². The first kappa shape index (κ1) is 26.2. The van der Waals surface area contributed by atoms with Crippen LogP contribution in [0.25, 0.3) is 0 Å². The summed E-state index contributed by atoms with van der Waals surface area (Å²) in [6, 6.07) is 10.4. The molecule has 1 saturated heterocycles. The lowest BCUT2D eigenvalue weighted by Gasteiger charge is -2.43. The van der Waals surface area contributed by atoms with Crippen LogP contribution in [-0.4, -0.2) is 57.4 Å². The smallest absolute Gasteiger partial charge is 0.356 e. The number of nitrogens with one attached hydrogen (secondary N) is 2. The first-order valence-electron chi connectivity index (χ1n) is 10.2. The van der Waals surface area contributed by atoms with Gasteiger partial charge >= 0.3 is 15.5 Å². The number of halogens is 4. The maximum atomic E-state index is 12.7. The van der Waals surface area contributed by atoms with Crippen molar-refractivity contribution >= 4 is 40.0 Å². The van der Waals surface area contributed by atoms with Crippen molar-refractivity contribution in [1.82, 2.24) is 14.9 Å². The summed E-state index contributed by atoms with van der Waals surface area (Å²) >= 11 is 0. The minimum Gasteiger partial charge on any atom is -0.356 e. The molecular weight excluding hydrogens is 544 g/mol. The number of benzene rings is 1. The molecule has 6 nitrogen and oxygen atoms in total. The van der Waals surface area contributed by atoms with E-state index in [4.69, 9.17) is 0 Å². The molecule has 1 heterocycles. The van der Waals surface area contributed by atoms with E-state index in [1.54, 1.807) is 7.05 Å². The molecule has 2 fully saturated rings. The lowest BCUT2D eigenvalue weighted by Crippen LogP contribution is -2.50. The summed E-state index contributed by atoms with van der Waals surface area (Å²) in [5, 5.41) is 6.63. The highest BCUT2D eigenvalue weighted by atomic mass is 127. The lowest BCUT2D eigenvalue weighted by atomic mass is 9.64. The summed E-state index contributed by atoms with van der Waals surface area (Å²) in [7, 11) is -3.55. The monoisotopic (exact) mass is 574 g/mol. The molecule has 11 heteroatoms. The van der Waals surface area contributed by atoms with E-state index >= 15 is 0 Å². The molecule has 1 aromatic carbocycles. The summed E-state index contributed by atoms with van der Waals surface area (Å²) in [6.07, 6.45) is 4.20. The highest BCUT2D eigenvalue weighted by molar-refractivity contribution is 14.0. The molecule has 2 N–H and O–H groups in total. The molecule has 0 spiro atoms. The van der Waals surface area contributed by atoms with Gasteiger partial charge in [-0.1, -0.05) is 36.8 Å². The Kier molecular flexibility index (Phi) is 9.03. The van der Waals surface area contributed by atoms with Crippen molar-refractivity contribution in [3.8, 4) is 0 Å². The Bertz CT molecular complexity index is 838. The van der Waals surface area contributed by atoms with Crippen LogP contribution in [0.5, 0.6) is 0 Å². The lowest BCUT2D eigenvalue weighted by molar-refractivity contribution is -0.0496. The highest BCUT2D eigenvalue weighted by Gasteiger charge is 2.50. The van der Waals surface area contributed by atoms with Gasteiger partial charge in [-0.3, -0.25) is 4.99 Å². The Morgan fingerprint density at radius 1 is 1.16 bits per heavy atom. The molecule has 0 atom stereocenters. The van der Waals surface area contributed by atoms with Crippen molar-refractivity contribution in [1.29, 1.82) is 0 Å². The van der Waals surface area contributed by atoms with Gasteiger partial charge < -0.3 is 10.6 Å². The molecule has 0 bridgehead atoms. The Balaban J connectivity index is 0.00000341. The number of nitrogens with zero attached hydrogens (tertiary/aromatic N) is 2. The number of rotatable bonds is 6. The van der Waals surface area contributed by atoms with Crippen molar-refractivity contribution in [2.75, 3.05) is 33.2 Å². The Labute approximate surface area is 199 Å². The molecule has 2 aliphatic rings. The van der Waals surface area contributed by atoms with Crippen LogP contribution in [-0.2, 0) is 15.4 Å². The van der Waals surface area contributed by atoms with Gasteiger partial charge in [0.05, 0.1) is 0 Å². The minimum absolute atomic E-state index is 0. The largest absolute Gasteiger partial charge is 0.511 e. The quantitative estimate of drug-likeness (QED) is 0.310. The summed E-state index contributed by atoms with van der Waals surface area (Å²) in [4.78, 5) is 4.25. The van der Waals surface area contributed by atoms with Crippen molar-refractivity contribution in [2.45, 2.75) is 43.0 Å². The van der Waals surface area contributed by atoms with Gasteiger partial charge in [0.15, 0.2) is 5.96 Å². The number of guanidine groups is 1. The van der Waals surface area contributed by atoms with Gasteiger partial charge in [-0.25, -0.2) is 8.42 Å². The predicted molar refractivity (Wildman–Crippen MR) is 126 cm³/mol. The first-order chi connectivity index (χ1) is 14.2. The fourth-order valence-electron chi connectivity index (χ4n) is 4.18. The number of hydrogen-bond acceptors (Lipinski definition) is 3. The molecule has 1 aliphatic heterocycles. The summed E-state index contributed by atoms with van der Waals surface area (Å²) < 4.78 is 61.6. The molecule has 0 amide bonds. The van der Waals surface area contributed by atoms with E-state index in [1.807, 2.05) is 18.2 Å². The van der Waals surface area contributed by atoms with Gasteiger partial charge in [-0.2, -0.15) is 17.5 Å². The second kappa shape index (κ2) is 10.7. The van der Waals surface area contributed by atoms with Gasteiger partial charge in [0, 0.05) is 38.6 Å². The van der Waals surface area contributed by atoms with Gasteiger partial charge in [-0.15, -0.1) is 24.0 Å². The van der Waals surface area contributed by atoms with E-state index in [1.165, 1.54) is 12.0 Å². The number of hydrogen-bond donors (Lipinski definition) is 2. The van der Waals surface area contributed by atoms with Crippen LogP contribution < -0.4 is 10.6 Å². The Hall–Kier alpha value is -1.08. The summed E-state index contributed by atoms with van der Waals surface area (Å²) in [5.41, 5.74) is -3.81. The molecule has 0 aromatic heterocycles. The number of sulfonamides is 1. The predicted octanol–water partition coefficient (Wildman–Crippen LogP) is 3.45. The summed E-state index contributed by atoms with van der Waals surface area (Å²) in [5.74, 6) is 0.748. The third kappa shape index (κ3) is 6.04. The van der Waals surface area contributed by atoms with Crippen LogP contribution in [0.1, 0.15) is 37.7 Å². The highest BCUT2D eigenvalue weighted by Crippen LogP contribution is 2.43. The Morgan fingerprint density at radius 2 is 1.77 bits per heavy atom. The molecule has 1 aromatic rings. The second-order valence-corrected chi connectivity index (χ2v) is 10.0. The van der Waals surface area contributed by atoms with Crippen LogP contribution in [0.15, 0.2) is 35.3 Å². The SMILES string of the molecule is CN=C(NCC1CCN(S(=O)(=O)C(F)(F)F)CC1)NCC1(c2ccccc2)CCC1.I. The van der Waals surface area contributed by atoms with E-state index < -0.39 is 15.5 Å². The second-order valence-electron chi connectivity index (χ2n) is 8.10. The van der Waals surface area contributed by atoms with Crippen molar-refractivity contribution in [2.24, 2.45) is 10.9 Å². The molecule has 3 rings (SSSR count).